The molecule has 0 aliphatic heterocycles. The van der Waals surface area contributed by atoms with Crippen LogP contribution in [0, 0.1) is 6.92 Å². The Morgan fingerprint density at radius 1 is 1.24 bits per heavy atom. The van der Waals surface area contributed by atoms with Crippen molar-refractivity contribution in [2.75, 3.05) is 0 Å². The number of carboxylic acid groups (broad SMARTS) is 1. The quantitative estimate of drug-likeness (QED) is 0.588. The molecule has 0 aliphatic rings. The first-order valence-electron chi connectivity index (χ1n) is 5.97. The average molecular weight is 413 g/mol. The Balaban J connectivity index is 2.19. The third kappa shape index (κ3) is 3.92. The number of oxime groups is 1. The molecular formula is C15H11Br2NO3. The van der Waals surface area contributed by atoms with Crippen LogP contribution in [0.25, 0.3) is 0 Å². The van der Waals surface area contributed by atoms with Gasteiger partial charge >= 0.3 is 5.97 Å². The molecule has 2 aromatic rings. The third-order valence-electron chi connectivity index (χ3n) is 2.77. The second-order valence-electron chi connectivity index (χ2n) is 4.24. The van der Waals surface area contributed by atoms with E-state index >= 15 is 0 Å². The van der Waals surface area contributed by atoms with E-state index in [0.29, 0.717) is 0 Å². The lowest BCUT2D eigenvalue weighted by Crippen LogP contribution is -1.99. The molecule has 108 valence electrons. The van der Waals surface area contributed by atoms with Crippen molar-refractivity contribution in [2.24, 2.45) is 5.16 Å². The van der Waals surface area contributed by atoms with Crippen molar-refractivity contribution in [1.29, 1.82) is 0 Å². The number of aromatic carboxylic acids is 1. The van der Waals surface area contributed by atoms with Crippen LogP contribution in [0.2, 0.25) is 0 Å². The van der Waals surface area contributed by atoms with Crippen LogP contribution in [0.15, 0.2) is 50.5 Å². The van der Waals surface area contributed by atoms with Gasteiger partial charge < -0.3 is 9.94 Å². The molecule has 0 fully saturated rings. The number of nitrogens with zero attached hydrogens (tertiary/aromatic N) is 1. The fourth-order valence-electron chi connectivity index (χ4n) is 1.61. The summed E-state index contributed by atoms with van der Waals surface area (Å²) in [6.45, 7) is 1.98. The molecule has 2 rings (SSSR count). The minimum absolute atomic E-state index is 0.0703. The van der Waals surface area contributed by atoms with Crippen molar-refractivity contribution >= 4 is 44.0 Å². The lowest BCUT2D eigenvalue weighted by Gasteiger charge is -2.04. The second kappa shape index (κ2) is 6.87. The van der Waals surface area contributed by atoms with Crippen molar-refractivity contribution in [3.63, 3.8) is 0 Å². The zero-order valence-electron chi connectivity index (χ0n) is 11.0. The van der Waals surface area contributed by atoms with E-state index in [1.54, 1.807) is 18.2 Å². The summed E-state index contributed by atoms with van der Waals surface area (Å²) in [5.74, 6) is -0.854. The lowest BCUT2D eigenvalue weighted by molar-refractivity contribution is 0.0692. The number of para-hydroxylation sites is 1. The number of hydrogen-bond acceptors (Lipinski definition) is 3. The van der Waals surface area contributed by atoms with E-state index in [1.807, 2.05) is 19.1 Å². The highest BCUT2D eigenvalue weighted by Gasteiger charge is 2.10. The van der Waals surface area contributed by atoms with Crippen molar-refractivity contribution in [2.45, 2.75) is 6.92 Å². The average Bonchev–Trinajstić information content (AvgIpc) is 2.45. The van der Waals surface area contributed by atoms with Gasteiger partial charge in [0, 0.05) is 8.95 Å². The van der Waals surface area contributed by atoms with Crippen molar-refractivity contribution in [3.05, 3.63) is 62.0 Å². The first kappa shape index (κ1) is 15.7. The molecule has 0 aliphatic carbocycles. The summed E-state index contributed by atoms with van der Waals surface area (Å²) >= 11 is 6.91. The Kier molecular flexibility index (Phi) is 5.14. The van der Waals surface area contributed by atoms with Gasteiger partial charge in [-0.2, -0.15) is 0 Å². The smallest absolute Gasteiger partial charge is 0.339 e. The topological polar surface area (TPSA) is 58.9 Å². The molecule has 0 heterocycles. The second-order valence-corrected chi connectivity index (χ2v) is 5.95. The Bertz CT molecular complexity index is 691. The van der Waals surface area contributed by atoms with Gasteiger partial charge in [-0.25, -0.2) is 4.79 Å². The summed E-state index contributed by atoms with van der Waals surface area (Å²) in [4.78, 5) is 16.2. The number of rotatable bonds is 4. The molecule has 0 saturated carbocycles. The summed E-state index contributed by atoms with van der Waals surface area (Å²) in [6.07, 6.45) is 1.52. The molecule has 0 radical (unpaired) electrons. The summed E-state index contributed by atoms with van der Waals surface area (Å²) in [7, 11) is 0. The van der Waals surface area contributed by atoms with Gasteiger partial charge in [-0.05, 0) is 42.3 Å². The van der Waals surface area contributed by atoms with Gasteiger partial charge in [0.25, 0.3) is 0 Å². The van der Waals surface area contributed by atoms with Gasteiger partial charge in [0.2, 0.25) is 0 Å². The standard InChI is InChI=1S/C15H11Br2NO3/c1-9-12(16)6-10(7-13(9)17)8-18-21-14-5-3-2-4-11(14)15(19)20/h2-8H,1H3,(H,19,20)/b18-8-. The maximum Gasteiger partial charge on any atom is 0.339 e. The first-order valence-corrected chi connectivity index (χ1v) is 7.56. The van der Waals surface area contributed by atoms with Crippen molar-refractivity contribution < 1.29 is 14.7 Å². The SMILES string of the molecule is Cc1c(Br)cc(/C=N\Oc2ccccc2C(=O)O)cc1Br. The molecule has 0 aromatic heterocycles. The maximum absolute atomic E-state index is 11.0. The Morgan fingerprint density at radius 3 is 2.48 bits per heavy atom. The molecule has 0 spiro atoms. The van der Waals surface area contributed by atoms with Gasteiger partial charge in [0.05, 0.1) is 6.21 Å². The van der Waals surface area contributed by atoms with Crippen molar-refractivity contribution in [1.82, 2.24) is 0 Å². The first-order chi connectivity index (χ1) is 9.99. The van der Waals surface area contributed by atoms with E-state index in [1.165, 1.54) is 12.3 Å². The molecule has 2 aromatic carbocycles. The minimum atomic E-state index is -1.05. The normalized spacial score (nSPS) is 10.8. The number of benzene rings is 2. The van der Waals surface area contributed by atoms with Crippen molar-refractivity contribution in [3.8, 4) is 5.75 Å². The summed E-state index contributed by atoms with van der Waals surface area (Å²) < 4.78 is 1.90. The van der Waals surface area contributed by atoms with Crippen LogP contribution in [0.3, 0.4) is 0 Å². The largest absolute Gasteiger partial charge is 0.478 e. The fourth-order valence-corrected chi connectivity index (χ4v) is 2.83. The van der Waals surface area contributed by atoms with E-state index < -0.39 is 5.97 Å². The predicted molar refractivity (Wildman–Crippen MR) is 88.2 cm³/mol. The highest BCUT2D eigenvalue weighted by molar-refractivity contribution is 9.11. The van der Waals surface area contributed by atoms with Crippen LogP contribution in [-0.2, 0) is 0 Å². The van der Waals surface area contributed by atoms with Gasteiger partial charge in [-0.3, -0.25) is 0 Å². The van der Waals surface area contributed by atoms with Crippen LogP contribution in [-0.4, -0.2) is 17.3 Å². The van der Waals surface area contributed by atoms with E-state index in [4.69, 9.17) is 9.94 Å². The van der Waals surface area contributed by atoms with Gasteiger partial charge in [-0.15, -0.1) is 0 Å². The molecule has 4 nitrogen and oxygen atoms in total. The van der Waals surface area contributed by atoms with E-state index in [9.17, 15) is 4.79 Å². The van der Waals surface area contributed by atoms with Crippen LogP contribution in [0.4, 0.5) is 0 Å². The fraction of sp³-hybridized carbons (Fsp3) is 0.0667. The molecular weight excluding hydrogens is 402 g/mol. The predicted octanol–water partition coefficient (Wildman–Crippen LogP) is 4.63. The van der Waals surface area contributed by atoms with Crippen LogP contribution >= 0.6 is 31.9 Å². The van der Waals surface area contributed by atoms with Gasteiger partial charge in [-0.1, -0.05) is 49.1 Å². The molecule has 0 unspecified atom stereocenters. The summed E-state index contributed by atoms with van der Waals surface area (Å²) in [5, 5.41) is 12.9. The lowest BCUT2D eigenvalue weighted by atomic mass is 10.2. The minimum Gasteiger partial charge on any atom is -0.478 e. The molecule has 21 heavy (non-hydrogen) atoms. The zero-order valence-corrected chi connectivity index (χ0v) is 14.2. The van der Waals surface area contributed by atoms with Gasteiger partial charge in [0.1, 0.15) is 5.56 Å². The Labute approximate surface area is 138 Å². The number of carbonyl (C=O) groups is 1. The number of halogens is 2. The Morgan fingerprint density at radius 2 is 1.86 bits per heavy atom. The Hall–Kier alpha value is -1.66. The summed E-state index contributed by atoms with van der Waals surface area (Å²) in [5.41, 5.74) is 1.98. The number of carboxylic acids is 1. The van der Waals surface area contributed by atoms with Crippen LogP contribution in [0.5, 0.6) is 5.75 Å². The highest BCUT2D eigenvalue weighted by atomic mass is 79.9. The molecule has 6 heteroatoms. The molecule has 0 bridgehead atoms. The molecule has 0 saturated heterocycles. The van der Waals surface area contributed by atoms with Crippen LogP contribution < -0.4 is 4.84 Å². The number of hydrogen-bond donors (Lipinski definition) is 1. The molecule has 1 N–H and O–H groups in total. The monoisotopic (exact) mass is 411 g/mol. The zero-order chi connectivity index (χ0) is 15.4. The molecule has 0 atom stereocenters. The van der Waals surface area contributed by atoms with E-state index in [0.717, 1.165) is 20.1 Å². The highest BCUT2D eigenvalue weighted by Crippen LogP contribution is 2.25. The van der Waals surface area contributed by atoms with E-state index in [-0.39, 0.29) is 11.3 Å². The third-order valence-corrected chi connectivity index (χ3v) is 4.42. The molecule has 0 amide bonds. The maximum atomic E-state index is 11.0. The van der Waals surface area contributed by atoms with E-state index in [2.05, 4.69) is 37.0 Å². The summed E-state index contributed by atoms with van der Waals surface area (Å²) in [6, 6.07) is 10.1. The van der Waals surface area contributed by atoms with Gasteiger partial charge in [0.15, 0.2) is 5.75 Å². The van der Waals surface area contributed by atoms with Crippen LogP contribution in [0.1, 0.15) is 21.5 Å².